The molecule has 1 aromatic carbocycles. The van der Waals surface area contributed by atoms with Crippen molar-refractivity contribution in [3.63, 3.8) is 0 Å². The number of fused-ring (bicyclic) bond motifs is 1. The molecule has 0 radical (unpaired) electrons. The Morgan fingerprint density at radius 2 is 2.16 bits per heavy atom. The maximum Gasteiger partial charge on any atom is 0.167 e. The lowest BCUT2D eigenvalue weighted by Gasteiger charge is -2.16. The van der Waals surface area contributed by atoms with Crippen molar-refractivity contribution in [2.24, 2.45) is 0 Å². The monoisotopic (exact) mass is 263 g/mol. The predicted octanol–water partition coefficient (Wildman–Crippen LogP) is 2.41. The normalized spacial score (nSPS) is 11.2. The molecule has 0 unspecified atom stereocenters. The van der Waals surface area contributed by atoms with Gasteiger partial charge in [-0.15, -0.1) is 0 Å². The fourth-order valence-electron chi connectivity index (χ4n) is 2.22. The van der Waals surface area contributed by atoms with Gasteiger partial charge in [0, 0.05) is 6.54 Å². The Hall–Kier alpha value is -2.01. The molecule has 5 heteroatoms. The number of Topliss-reactive ketones (excluding diaryl/α,β-unsaturated/α-hetero) is 1. The van der Waals surface area contributed by atoms with Gasteiger partial charge in [-0.3, -0.25) is 4.79 Å². The second-order valence-electron chi connectivity index (χ2n) is 4.69. The van der Waals surface area contributed by atoms with Gasteiger partial charge in [0.25, 0.3) is 0 Å². The molecule has 0 aliphatic rings. The average molecular weight is 263 g/mol. The predicted molar refractivity (Wildman–Crippen MR) is 71.8 cm³/mol. The summed E-state index contributed by atoms with van der Waals surface area (Å²) in [6.07, 6.45) is 1.52. The Kier molecular flexibility index (Phi) is 3.48. The second kappa shape index (κ2) is 4.93. The number of hydrogen-bond acceptors (Lipinski definition) is 5. The van der Waals surface area contributed by atoms with E-state index in [-0.39, 0.29) is 17.1 Å². The van der Waals surface area contributed by atoms with Crippen LogP contribution in [0.15, 0.2) is 16.7 Å². The van der Waals surface area contributed by atoms with Gasteiger partial charge in [-0.1, -0.05) is 0 Å². The van der Waals surface area contributed by atoms with Crippen LogP contribution in [0.2, 0.25) is 0 Å². The highest BCUT2D eigenvalue weighted by atomic mass is 16.5. The maximum absolute atomic E-state index is 11.8. The van der Waals surface area contributed by atoms with Crippen LogP contribution in [0, 0.1) is 0 Å². The SMILES string of the molecule is COc1c(C(C)=O)c(O)c(CN(C)C)c2occc12. The first kappa shape index (κ1) is 13.4. The molecule has 1 N–H and O–H groups in total. The molecule has 0 saturated carbocycles. The molecule has 0 fully saturated rings. The smallest absolute Gasteiger partial charge is 0.167 e. The van der Waals surface area contributed by atoms with Gasteiger partial charge >= 0.3 is 0 Å². The summed E-state index contributed by atoms with van der Waals surface area (Å²) in [6.45, 7) is 1.88. The Labute approximate surface area is 111 Å². The van der Waals surface area contributed by atoms with Crippen molar-refractivity contribution >= 4 is 16.8 Å². The molecule has 2 rings (SSSR count). The van der Waals surface area contributed by atoms with Gasteiger partial charge in [0.1, 0.15) is 22.6 Å². The van der Waals surface area contributed by atoms with Crippen molar-refractivity contribution in [3.8, 4) is 11.5 Å². The van der Waals surface area contributed by atoms with Crippen LogP contribution in [0.3, 0.4) is 0 Å². The largest absolute Gasteiger partial charge is 0.507 e. The van der Waals surface area contributed by atoms with Crippen LogP contribution >= 0.6 is 0 Å². The first-order valence-electron chi connectivity index (χ1n) is 5.92. The first-order chi connectivity index (χ1) is 8.97. The highest BCUT2D eigenvalue weighted by Gasteiger charge is 2.24. The minimum atomic E-state index is -0.238. The number of rotatable bonds is 4. The van der Waals surface area contributed by atoms with E-state index in [1.165, 1.54) is 20.3 Å². The van der Waals surface area contributed by atoms with Crippen molar-refractivity contribution in [1.82, 2.24) is 4.90 Å². The van der Waals surface area contributed by atoms with E-state index in [1.54, 1.807) is 6.07 Å². The van der Waals surface area contributed by atoms with Crippen molar-refractivity contribution in [2.45, 2.75) is 13.5 Å². The minimum Gasteiger partial charge on any atom is -0.507 e. The summed E-state index contributed by atoms with van der Waals surface area (Å²) in [4.78, 5) is 13.7. The summed E-state index contributed by atoms with van der Waals surface area (Å²) in [5, 5.41) is 11.0. The van der Waals surface area contributed by atoms with Crippen LogP contribution in [0.5, 0.6) is 11.5 Å². The maximum atomic E-state index is 11.8. The summed E-state index contributed by atoms with van der Waals surface area (Å²) in [7, 11) is 5.23. The van der Waals surface area contributed by atoms with E-state index in [4.69, 9.17) is 9.15 Å². The molecule has 2 aromatic rings. The van der Waals surface area contributed by atoms with E-state index in [9.17, 15) is 9.90 Å². The molecule has 1 heterocycles. The molecule has 102 valence electrons. The van der Waals surface area contributed by atoms with Gasteiger partial charge in [-0.25, -0.2) is 0 Å². The molecule has 5 nitrogen and oxygen atoms in total. The topological polar surface area (TPSA) is 62.9 Å². The zero-order chi connectivity index (χ0) is 14.2. The third-order valence-corrected chi connectivity index (χ3v) is 2.96. The molecule has 0 aliphatic carbocycles. The molecule has 0 bridgehead atoms. The zero-order valence-corrected chi connectivity index (χ0v) is 11.5. The number of furan rings is 1. The summed E-state index contributed by atoms with van der Waals surface area (Å²) in [5.74, 6) is 0.0502. The number of phenols is 1. The molecule has 19 heavy (non-hydrogen) atoms. The van der Waals surface area contributed by atoms with Gasteiger partial charge in [0.15, 0.2) is 5.78 Å². The van der Waals surface area contributed by atoms with E-state index < -0.39 is 0 Å². The minimum absolute atomic E-state index is 0.0690. The summed E-state index contributed by atoms with van der Waals surface area (Å²) in [5.41, 5.74) is 1.34. The quantitative estimate of drug-likeness (QED) is 0.858. The van der Waals surface area contributed by atoms with Gasteiger partial charge in [0.2, 0.25) is 0 Å². The number of hydrogen-bond donors (Lipinski definition) is 1. The Morgan fingerprint density at radius 3 is 2.68 bits per heavy atom. The number of benzene rings is 1. The number of ether oxygens (including phenoxy) is 1. The Bertz CT molecular complexity index is 628. The molecular formula is C14H17NO4. The number of aromatic hydroxyl groups is 1. The van der Waals surface area contributed by atoms with Crippen LogP contribution < -0.4 is 4.74 Å². The van der Waals surface area contributed by atoms with E-state index in [1.807, 2.05) is 19.0 Å². The summed E-state index contributed by atoms with van der Waals surface area (Å²) >= 11 is 0. The van der Waals surface area contributed by atoms with E-state index in [2.05, 4.69) is 0 Å². The van der Waals surface area contributed by atoms with E-state index >= 15 is 0 Å². The standard InChI is InChI=1S/C14H17NO4/c1-8(16)11-12(17)10(7-15(2)3)13-9(5-6-19-13)14(11)18-4/h5-6,17H,7H2,1-4H3. The number of methoxy groups -OCH3 is 1. The van der Waals surface area contributed by atoms with Crippen LogP contribution in [-0.2, 0) is 6.54 Å². The van der Waals surface area contributed by atoms with E-state index in [0.29, 0.717) is 28.8 Å². The fraction of sp³-hybridized carbons (Fsp3) is 0.357. The fourth-order valence-corrected chi connectivity index (χ4v) is 2.22. The number of nitrogens with zero attached hydrogens (tertiary/aromatic N) is 1. The highest BCUT2D eigenvalue weighted by Crippen LogP contribution is 2.41. The van der Waals surface area contributed by atoms with E-state index in [0.717, 1.165) is 0 Å². The van der Waals surface area contributed by atoms with Crippen molar-refractivity contribution in [1.29, 1.82) is 0 Å². The van der Waals surface area contributed by atoms with Crippen LogP contribution in [-0.4, -0.2) is 37.0 Å². The second-order valence-corrected chi connectivity index (χ2v) is 4.69. The third-order valence-electron chi connectivity index (χ3n) is 2.96. The van der Waals surface area contributed by atoms with Crippen molar-refractivity contribution in [3.05, 3.63) is 23.5 Å². The average Bonchev–Trinajstić information content (AvgIpc) is 2.79. The lowest BCUT2D eigenvalue weighted by Crippen LogP contribution is -2.12. The number of carbonyl (C=O) groups is 1. The van der Waals surface area contributed by atoms with Gasteiger partial charge in [0.05, 0.1) is 24.3 Å². The first-order valence-corrected chi connectivity index (χ1v) is 5.92. The number of phenolic OH excluding ortho intramolecular Hbond substituents is 1. The molecule has 0 amide bonds. The number of ketones is 1. The van der Waals surface area contributed by atoms with Crippen molar-refractivity contribution in [2.75, 3.05) is 21.2 Å². The zero-order valence-electron chi connectivity index (χ0n) is 11.5. The molecule has 0 aliphatic heterocycles. The molecular weight excluding hydrogens is 246 g/mol. The van der Waals surface area contributed by atoms with Crippen LogP contribution in [0.1, 0.15) is 22.8 Å². The highest BCUT2D eigenvalue weighted by molar-refractivity contribution is 6.06. The summed E-state index contributed by atoms with van der Waals surface area (Å²) < 4.78 is 10.7. The van der Waals surface area contributed by atoms with Gasteiger partial charge < -0.3 is 19.2 Å². The Balaban J connectivity index is 2.84. The summed E-state index contributed by atoms with van der Waals surface area (Å²) in [6, 6.07) is 1.74. The molecule has 0 saturated heterocycles. The van der Waals surface area contributed by atoms with Crippen molar-refractivity contribution < 1.29 is 19.1 Å². The molecule has 1 aromatic heterocycles. The lowest BCUT2D eigenvalue weighted by atomic mass is 10.0. The van der Waals surface area contributed by atoms with Crippen LogP contribution in [0.4, 0.5) is 0 Å². The molecule has 0 atom stereocenters. The van der Waals surface area contributed by atoms with Gasteiger partial charge in [-0.2, -0.15) is 0 Å². The molecule has 0 spiro atoms. The Morgan fingerprint density at radius 1 is 1.47 bits per heavy atom. The van der Waals surface area contributed by atoms with Crippen LogP contribution in [0.25, 0.3) is 11.0 Å². The van der Waals surface area contributed by atoms with Gasteiger partial charge in [-0.05, 0) is 27.1 Å². The third kappa shape index (κ3) is 2.17. The lowest BCUT2D eigenvalue weighted by molar-refractivity contribution is 0.101. The number of carbonyl (C=O) groups excluding carboxylic acids is 1.